The number of carbonyl (C=O) groups excluding carboxylic acids is 1. The smallest absolute Gasteiger partial charge is 0.231 e. The summed E-state index contributed by atoms with van der Waals surface area (Å²) in [6.45, 7) is 2.10. The van der Waals surface area contributed by atoms with Crippen LogP contribution in [0.5, 0.6) is 0 Å². The van der Waals surface area contributed by atoms with Crippen LogP contribution in [0.1, 0.15) is 33.5 Å². The highest BCUT2D eigenvalue weighted by molar-refractivity contribution is 7.77. The van der Waals surface area contributed by atoms with E-state index in [1.54, 1.807) is 18.3 Å². The van der Waals surface area contributed by atoms with Crippen molar-refractivity contribution in [3.05, 3.63) is 76.5 Å². The van der Waals surface area contributed by atoms with Gasteiger partial charge in [0.15, 0.2) is 17.4 Å². The van der Waals surface area contributed by atoms with E-state index in [4.69, 9.17) is 4.55 Å². The van der Waals surface area contributed by atoms with Gasteiger partial charge in [0.2, 0.25) is 11.3 Å². The number of hydrogen-bond donors (Lipinski definition) is 2. The van der Waals surface area contributed by atoms with E-state index >= 15 is 0 Å². The standard InChI is InChI=1S/C20H18F2N2O3S/c1-12-7-15-10-14(4-5-18(15)23-11-12)20(25)16-8-13(9-17(21)19(16)22)3-2-6-24-28(26)27/h4-5,7-11,24H,2-3,6H2,1H3,(H,26,27). The molecule has 1 atom stereocenters. The number of pyridine rings is 1. The average molecular weight is 404 g/mol. The maximum atomic E-state index is 14.3. The highest BCUT2D eigenvalue weighted by Gasteiger charge is 2.19. The number of aromatic nitrogens is 1. The molecule has 3 rings (SSSR count). The Bertz CT molecular complexity index is 1070. The fourth-order valence-corrected chi connectivity index (χ4v) is 3.26. The van der Waals surface area contributed by atoms with Gasteiger partial charge in [-0.05, 0) is 67.3 Å². The van der Waals surface area contributed by atoms with E-state index in [1.807, 2.05) is 13.0 Å². The molecule has 28 heavy (non-hydrogen) atoms. The fourth-order valence-electron chi connectivity index (χ4n) is 2.95. The molecule has 0 aliphatic rings. The zero-order valence-corrected chi connectivity index (χ0v) is 15.9. The number of fused-ring (bicyclic) bond motifs is 1. The number of hydrogen-bond acceptors (Lipinski definition) is 3. The van der Waals surface area contributed by atoms with Gasteiger partial charge in [-0.1, -0.05) is 0 Å². The van der Waals surface area contributed by atoms with Crippen LogP contribution in [-0.2, 0) is 17.7 Å². The molecule has 0 saturated heterocycles. The molecule has 0 aliphatic heterocycles. The second-order valence-electron chi connectivity index (χ2n) is 6.44. The van der Waals surface area contributed by atoms with Crippen molar-refractivity contribution >= 4 is 28.0 Å². The van der Waals surface area contributed by atoms with E-state index < -0.39 is 28.7 Å². The lowest BCUT2D eigenvalue weighted by atomic mass is 9.97. The van der Waals surface area contributed by atoms with Crippen LogP contribution in [0.2, 0.25) is 0 Å². The predicted octanol–water partition coefficient (Wildman–Crippen LogP) is 3.71. The highest BCUT2D eigenvalue weighted by atomic mass is 32.2. The van der Waals surface area contributed by atoms with E-state index in [0.717, 1.165) is 17.0 Å². The van der Waals surface area contributed by atoms with E-state index in [9.17, 15) is 17.8 Å². The zero-order valence-electron chi connectivity index (χ0n) is 15.0. The summed E-state index contributed by atoms with van der Waals surface area (Å²) in [5.41, 5.74) is 1.97. The molecule has 0 amide bonds. The first-order valence-electron chi connectivity index (χ1n) is 8.58. The summed E-state index contributed by atoms with van der Waals surface area (Å²) < 4.78 is 49.9. The number of ketones is 1. The van der Waals surface area contributed by atoms with Gasteiger partial charge in [0.1, 0.15) is 0 Å². The molecule has 5 nitrogen and oxygen atoms in total. The molecule has 0 bridgehead atoms. The van der Waals surface area contributed by atoms with Gasteiger partial charge >= 0.3 is 0 Å². The number of rotatable bonds is 7. The van der Waals surface area contributed by atoms with E-state index in [2.05, 4.69) is 9.71 Å². The van der Waals surface area contributed by atoms with Crippen molar-refractivity contribution < 1.29 is 22.3 Å². The minimum Gasteiger partial charge on any atom is -0.294 e. The van der Waals surface area contributed by atoms with Crippen LogP contribution in [0.25, 0.3) is 10.9 Å². The number of nitrogens with one attached hydrogen (secondary N) is 1. The van der Waals surface area contributed by atoms with Crippen LogP contribution in [0.4, 0.5) is 8.78 Å². The third-order valence-electron chi connectivity index (χ3n) is 4.28. The van der Waals surface area contributed by atoms with Crippen molar-refractivity contribution in [1.29, 1.82) is 0 Å². The first kappa shape index (κ1) is 20.2. The topological polar surface area (TPSA) is 79.3 Å². The van der Waals surface area contributed by atoms with Gasteiger partial charge in [0.25, 0.3) is 0 Å². The molecule has 1 unspecified atom stereocenters. The largest absolute Gasteiger partial charge is 0.294 e. The summed E-state index contributed by atoms with van der Waals surface area (Å²) in [4.78, 5) is 17.1. The molecular formula is C20H18F2N2O3S. The summed E-state index contributed by atoms with van der Waals surface area (Å²) in [6, 6.07) is 9.05. The summed E-state index contributed by atoms with van der Waals surface area (Å²) >= 11 is -2.12. The number of carbonyl (C=O) groups is 1. The maximum Gasteiger partial charge on any atom is 0.231 e. The van der Waals surface area contributed by atoms with Gasteiger partial charge in [-0.2, -0.15) is 0 Å². The van der Waals surface area contributed by atoms with Crippen LogP contribution < -0.4 is 4.72 Å². The van der Waals surface area contributed by atoms with Crippen molar-refractivity contribution in [2.24, 2.45) is 0 Å². The van der Waals surface area contributed by atoms with Crippen LogP contribution in [0.15, 0.2) is 42.6 Å². The van der Waals surface area contributed by atoms with Crippen molar-refractivity contribution in [2.45, 2.75) is 19.8 Å². The average Bonchev–Trinajstić information content (AvgIpc) is 2.66. The predicted molar refractivity (Wildman–Crippen MR) is 103 cm³/mol. The Morgan fingerprint density at radius 2 is 2.00 bits per heavy atom. The molecule has 0 fully saturated rings. The Kier molecular flexibility index (Phi) is 6.23. The first-order chi connectivity index (χ1) is 13.3. The summed E-state index contributed by atoms with van der Waals surface area (Å²) in [5.74, 6) is -2.90. The monoisotopic (exact) mass is 404 g/mol. The van der Waals surface area contributed by atoms with Gasteiger partial charge in [0.05, 0.1) is 11.1 Å². The van der Waals surface area contributed by atoms with Crippen molar-refractivity contribution in [1.82, 2.24) is 9.71 Å². The molecule has 2 N–H and O–H groups in total. The van der Waals surface area contributed by atoms with Gasteiger partial charge in [-0.15, -0.1) is 0 Å². The Hall–Kier alpha value is -2.55. The lowest BCUT2D eigenvalue weighted by molar-refractivity contribution is 0.103. The van der Waals surface area contributed by atoms with Gasteiger partial charge < -0.3 is 0 Å². The maximum absolute atomic E-state index is 14.3. The molecule has 3 aromatic rings. The zero-order chi connectivity index (χ0) is 20.3. The Morgan fingerprint density at radius 1 is 1.21 bits per heavy atom. The summed E-state index contributed by atoms with van der Waals surface area (Å²) in [5, 5.41) is 0.742. The Labute approximate surface area is 163 Å². The Morgan fingerprint density at radius 3 is 2.75 bits per heavy atom. The molecule has 0 aliphatic carbocycles. The molecule has 0 saturated carbocycles. The lowest BCUT2D eigenvalue weighted by Crippen LogP contribution is -2.18. The third kappa shape index (κ3) is 4.64. The molecular weight excluding hydrogens is 386 g/mol. The van der Waals surface area contributed by atoms with Crippen molar-refractivity contribution in [2.75, 3.05) is 6.54 Å². The quantitative estimate of drug-likeness (QED) is 0.357. The van der Waals surface area contributed by atoms with E-state index in [-0.39, 0.29) is 17.7 Å². The normalized spacial score (nSPS) is 12.3. The van der Waals surface area contributed by atoms with Gasteiger partial charge in [-0.3, -0.25) is 14.3 Å². The van der Waals surface area contributed by atoms with Gasteiger partial charge in [0, 0.05) is 23.7 Å². The van der Waals surface area contributed by atoms with Crippen LogP contribution in [-0.4, -0.2) is 26.1 Å². The first-order valence-corrected chi connectivity index (χ1v) is 9.69. The highest BCUT2D eigenvalue weighted by Crippen LogP contribution is 2.22. The molecule has 0 spiro atoms. The minimum atomic E-state index is -2.12. The summed E-state index contributed by atoms with van der Waals surface area (Å²) in [6.07, 6.45) is 2.46. The third-order valence-corrected chi connectivity index (χ3v) is 4.73. The van der Waals surface area contributed by atoms with Crippen LogP contribution >= 0.6 is 0 Å². The molecule has 1 aromatic heterocycles. The van der Waals surface area contributed by atoms with Crippen molar-refractivity contribution in [3.63, 3.8) is 0 Å². The molecule has 2 aromatic carbocycles. The molecule has 8 heteroatoms. The number of benzene rings is 2. The van der Waals surface area contributed by atoms with E-state index in [1.165, 1.54) is 12.1 Å². The molecule has 0 radical (unpaired) electrons. The number of halogens is 2. The Balaban J connectivity index is 1.89. The number of aryl methyl sites for hydroxylation is 2. The van der Waals surface area contributed by atoms with E-state index in [0.29, 0.717) is 23.9 Å². The summed E-state index contributed by atoms with van der Waals surface area (Å²) in [7, 11) is 0. The van der Waals surface area contributed by atoms with Crippen LogP contribution in [0, 0.1) is 18.6 Å². The van der Waals surface area contributed by atoms with Crippen LogP contribution in [0.3, 0.4) is 0 Å². The second kappa shape index (κ2) is 8.64. The SMILES string of the molecule is Cc1cnc2ccc(C(=O)c3cc(CCCNS(=O)O)cc(F)c3F)cc2c1. The van der Waals surface area contributed by atoms with Crippen molar-refractivity contribution in [3.8, 4) is 0 Å². The number of nitrogens with zero attached hydrogens (tertiary/aromatic N) is 1. The van der Waals surface area contributed by atoms with Gasteiger partial charge in [-0.25, -0.2) is 17.7 Å². The molecule has 146 valence electrons. The fraction of sp³-hybridized carbons (Fsp3) is 0.200. The minimum absolute atomic E-state index is 0.225. The lowest BCUT2D eigenvalue weighted by Gasteiger charge is -2.09. The molecule has 1 heterocycles. The second-order valence-corrected chi connectivity index (χ2v) is 7.22.